The lowest BCUT2D eigenvalue weighted by Gasteiger charge is -2.23. The van der Waals surface area contributed by atoms with Crippen molar-refractivity contribution < 1.29 is 4.79 Å². The minimum Gasteiger partial charge on any atom is -0.347 e. The van der Waals surface area contributed by atoms with E-state index in [0.717, 1.165) is 9.90 Å². The predicted octanol–water partition coefficient (Wildman–Crippen LogP) is 5.69. The molecular formula is C20H20N2OS3. The molecule has 26 heavy (non-hydrogen) atoms. The molecule has 0 radical (unpaired) electrons. The van der Waals surface area contributed by atoms with E-state index in [1.165, 1.54) is 4.90 Å². The summed E-state index contributed by atoms with van der Waals surface area (Å²) in [5.41, 5.74) is 0.621. The van der Waals surface area contributed by atoms with Gasteiger partial charge in [0.1, 0.15) is 5.03 Å². The van der Waals surface area contributed by atoms with E-state index >= 15 is 0 Å². The third kappa shape index (κ3) is 5.37. The van der Waals surface area contributed by atoms with E-state index in [4.69, 9.17) is 0 Å². The molecule has 3 rings (SSSR count). The summed E-state index contributed by atoms with van der Waals surface area (Å²) < 4.78 is -0.154. The van der Waals surface area contributed by atoms with Crippen LogP contribution in [0.5, 0.6) is 0 Å². The summed E-state index contributed by atoms with van der Waals surface area (Å²) in [6.45, 7) is 4.84. The van der Waals surface area contributed by atoms with E-state index in [-0.39, 0.29) is 9.99 Å². The van der Waals surface area contributed by atoms with Crippen LogP contribution in [-0.2, 0) is 6.54 Å². The molecule has 0 unspecified atom stereocenters. The fraction of sp³-hybridized carbons (Fsp3) is 0.200. The number of hydrogen-bond donors (Lipinski definition) is 1. The number of carbonyl (C=O) groups is 1. The van der Waals surface area contributed by atoms with Gasteiger partial charge in [-0.1, -0.05) is 36.0 Å². The third-order valence-corrected chi connectivity index (χ3v) is 6.85. The number of nitrogens with one attached hydrogen (secondary N) is 1. The highest BCUT2D eigenvalue weighted by molar-refractivity contribution is 8.18. The summed E-state index contributed by atoms with van der Waals surface area (Å²) in [7, 11) is 0. The lowest BCUT2D eigenvalue weighted by atomic mass is 10.2. The zero-order valence-electron chi connectivity index (χ0n) is 14.6. The summed E-state index contributed by atoms with van der Waals surface area (Å²) >= 11 is 5.01. The van der Waals surface area contributed by atoms with Crippen LogP contribution < -0.4 is 5.32 Å². The van der Waals surface area contributed by atoms with Gasteiger partial charge in [-0.2, -0.15) is 0 Å². The Morgan fingerprint density at radius 3 is 2.62 bits per heavy atom. The Balaban J connectivity index is 1.70. The number of thiophene rings is 1. The highest BCUT2D eigenvalue weighted by atomic mass is 32.2. The van der Waals surface area contributed by atoms with E-state index < -0.39 is 0 Å². The number of benzene rings is 1. The molecular weight excluding hydrogens is 380 g/mol. The Kier molecular flexibility index (Phi) is 6.40. The van der Waals surface area contributed by atoms with Gasteiger partial charge in [0.25, 0.3) is 5.91 Å². The summed E-state index contributed by atoms with van der Waals surface area (Å²) in [4.78, 5) is 19.4. The van der Waals surface area contributed by atoms with Gasteiger partial charge < -0.3 is 5.32 Å². The molecule has 0 saturated heterocycles. The van der Waals surface area contributed by atoms with Crippen LogP contribution in [0.1, 0.15) is 29.1 Å². The number of nitrogens with zero attached hydrogens (tertiary/aromatic N) is 1. The molecule has 0 aliphatic rings. The molecule has 0 atom stereocenters. The number of hydrogen-bond acceptors (Lipinski definition) is 5. The monoisotopic (exact) mass is 400 g/mol. The van der Waals surface area contributed by atoms with E-state index in [0.29, 0.717) is 12.1 Å². The van der Waals surface area contributed by atoms with Crippen molar-refractivity contribution in [3.8, 4) is 0 Å². The normalized spacial score (nSPS) is 11.3. The second kappa shape index (κ2) is 8.75. The first-order chi connectivity index (χ1) is 12.5. The van der Waals surface area contributed by atoms with Gasteiger partial charge in [0.2, 0.25) is 0 Å². The van der Waals surface area contributed by atoms with Gasteiger partial charge in [-0.3, -0.25) is 4.79 Å². The number of carbonyl (C=O) groups excluding carboxylic acids is 1. The van der Waals surface area contributed by atoms with Crippen molar-refractivity contribution in [2.75, 3.05) is 0 Å². The predicted molar refractivity (Wildman–Crippen MR) is 112 cm³/mol. The second-order valence-electron chi connectivity index (χ2n) is 6.04. The maximum absolute atomic E-state index is 12.6. The zero-order chi connectivity index (χ0) is 18.4. The first-order valence-electron chi connectivity index (χ1n) is 8.22. The molecule has 0 spiro atoms. The van der Waals surface area contributed by atoms with Crippen LogP contribution in [0, 0.1) is 0 Å². The summed E-state index contributed by atoms with van der Waals surface area (Å²) in [5.74, 6) is -0.0884. The number of rotatable bonds is 7. The molecule has 134 valence electrons. The van der Waals surface area contributed by atoms with Crippen molar-refractivity contribution in [3.63, 3.8) is 0 Å². The smallest absolute Gasteiger partial charge is 0.254 e. The van der Waals surface area contributed by atoms with Crippen LogP contribution in [-0.4, -0.2) is 15.0 Å². The molecule has 3 aromatic rings. The number of thioether (sulfide) groups is 2. The Labute approximate surface area is 166 Å². The first-order valence-corrected chi connectivity index (χ1v) is 10.7. The zero-order valence-corrected chi connectivity index (χ0v) is 17.1. The third-order valence-electron chi connectivity index (χ3n) is 3.47. The number of amides is 1. The highest BCUT2D eigenvalue weighted by Crippen LogP contribution is 2.45. The lowest BCUT2D eigenvalue weighted by molar-refractivity contribution is 0.0947. The minimum absolute atomic E-state index is 0.0884. The van der Waals surface area contributed by atoms with Gasteiger partial charge in [-0.15, -0.1) is 23.1 Å². The van der Waals surface area contributed by atoms with Crippen LogP contribution in [0.3, 0.4) is 0 Å². The average molecular weight is 401 g/mol. The fourth-order valence-electron chi connectivity index (χ4n) is 2.35. The van der Waals surface area contributed by atoms with E-state index in [1.807, 2.05) is 41.8 Å². The molecule has 1 amide bonds. The largest absolute Gasteiger partial charge is 0.347 e. The standard InChI is InChI=1S/C20H20N2OS3/c1-20(2,25-15-8-4-3-5-9-15)26-19-17(11-6-12-21-19)18(23)22-14-16-10-7-13-24-16/h3-13H,14H2,1-2H3,(H,22,23). The van der Waals surface area contributed by atoms with Crippen molar-refractivity contribution in [2.24, 2.45) is 0 Å². The van der Waals surface area contributed by atoms with Gasteiger partial charge in [-0.25, -0.2) is 4.98 Å². The SMILES string of the molecule is CC(C)(Sc1ccccc1)Sc1ncccc1C(=O)NCc1cccs1. The Bertz CT molecular complexity index is 849. The Hall–Kier alpha value is -1.76. The molecule has 6 heteroatoms. The summed E-state index contributed by atoms with van der Waals surface area (Å²) in [6, 6.07) is 17.9. The molecule has 0 bridgehead atoms. The second-order valence-corrected chi connectivity index (χ2v) is 10.6. The van der Waals surface area contributed by atoms with E-state index in [1.54, 1.807) is 47.1 Å². The van der Waals surface area contributed by atoms with Gasteiger partial charge in [0.15, 0.2) is 0 Å². The van der Waals surface area contributed by atoms with Gasteiger partial charge in [0, 0.05) is 16.0 Å². The van der Waals surface area contributed by atoms with Gasteiger partial charge >= 0.3 is 0 Å². The molecule has 0 aliphatic carbocycles. The van der Waals surface area contributed by atoms with Gasteiger partial charge in [-0.05, 0) is 49.6 Å². The van der Waals surface area contributed by atoms with Gasteiger partial charge in [0.05, 0.1) is 16.2 Å². The quantitative estimate of drug-likeness (QED) is 0.408. The molecule has 0 saturated carbocycles. The molecule has 3 nitrogen and oxygen atoms in total. The summed E-state index contributed by atoms with van der Waals surface area (Å²) in [5, 5.41) is 5.75. The van der Waals surface area contributed by atoms with Crippen molar-refractivity contribution in [1.82, 2.24) is 10.3 Å². The molecule has 1 aromatic carbocycles. The van der Waals surface area contributed by atoms with E-state index in [2.05, 4.69) is 36.3 Å². The minimum atomic E-state index is -0.154. The van der Waals surface area contributed by atoms with Crippen molar-refractivity contribution in [1.29, 1.82) is 0 Å². The number of pyridine rings is 1. The van der Waals surface area contributed by atoms with Crippen molar-refractivity contribution in [3.05, 3.63) is 76.6 Å². The van der Waals surface area contributed by atoms with Crippen LogP contribution in [0.4, 0.5) is 0 Å². The van der Waals surface area contributed by atoms with Crippen LogP contribution in [0.25, 0.3) is 0 Å². The molecule has 0 fully saturated rings. The number of aromatic nitrogens is 1. The average Bonchev–Trinajstić information content (AvgIpc) is 3.14. The lowest BCUT2D eigenvalue weighted by Crippen LogP contribution is -2.23. The molecule has 1 N–H and O–H groups in total. The maximum Gasteiger partial charge on any atom is 0.254 e. The highest BCUT2D eigenvalue weighted by Gasteiger charge is 2.25. The topological polar surface area (TPSA) is 42.0 Å². The molecule has 2 aromatic heterocycles. The van der Waals surface area contributed by atoms with Crippen LogP contribution in [0.15, 0.2) is 76.1 Å². The van der Waals surface area contributed by atoms with E-state index in [9.17, 15) is 4.79 Å². The maximum atomic E-state index is 12.6. The Morgan fingerprint density at radius 2 is 1.88 bits per heavy atom. The van der Waals surface area contributed by atoms with Crippen molar-refractivity contribution >= 4 is 40.8 Å². The first kappa shape index (κ1) is 19.0. The fourth-order valence-corrected chi connectivity index (χ4v) is 5.39. The van der Waals surface area contributed by atoms with Crippen LogP contribution in [0.2, 0.25) is 0 Å². The molecule has 2 heterocycles. The Morgan fingerprint density at radius 1 is 1.08 bits per heavy atom. The van der Waals surface area contributed by atoms with Crippen molar-refractivity contribution in [2.45, 2.75) is 34.4 Å². The molecule has 0 aliphatic heterocycles. The summed E-state index contributed by atoms with van der Waals surface area (Å²) in [6.07, 6.45) is 1.74. The van der Waals surface area contributed by atoms with Crippen LogP contribution >= 0.6 is 34.9 Å².